The van der Waals surface area contributed by atoms with E-state index in [1.54, 1.807) is 0 Å². The quantitative estimate of drug-likeness (QED) is 0.372. The van der Waals surface area contributed by atoms with Crippen LogP contribution in [0, 0.1) is 13.7 Å². The van der Waals surface area contributed by atoms with E-state index in [1.807, 2.05) is 24.3 Å². The summed E-state index contributed by atoms with van der Waals surface area (Å²) in [6.07, 6.45) is 0. The molecule has 2 rings (SSSR count). The van der Waals surface area contributed by atoms with Gasteiger partial charge < -0.3 is 5.32 Å². The fourth-order valence-electron chi connectivity index (χ4n) is 1.65. The van der Waals surface area contributed by atoms with Gasteiger partial charge in [-0.2, -0.15) is 0 Å². The summed E-state index contributed by atoms with van der Waals surface area (Å²) in [4.78, 5) is 22.0. The molecule has 0 saturated carbocycles. The Hall–Kier alpha value is -1.96. The molecule has 20 heavy (non-hydrogen) atoms. The number of ketones is 1. The van der Waals surface area contributed by atoms with Gasteiger partial charge in [-0.05, 0) is 46.9 Å². The predicted molar refractivity (Wildman–Crippen MR) is 85.1 cm³/mol. The summed E-state index contributed by atoms with van der Waals surface area (Å²) in [5.74, 6) is -0.112. The van der Waals surface area contributed by atoms with Gasteiger partial charge in [0.1, 0.15) is 0 Å². The van der Waals surface area contributed by atoms with E-state index < -0.39 is 4.92 Å². The second-order valence-electron chi connectivity index (χ2n) is 4.06. The molecular weight excluding hydrogens is 371 g/mol. The maximum atomic E-state index is 12.0. The first kappa shape index (κ1) is 14.4. The highest BCUT2D eigenvalue weighted by Crippen LogP contribution is 2.17. The van der Waals surface area contributed by atoms with Crippen LogP contribution in [0.25, 0.3) is 0 Å². The number of nitro benzene ring substituents is 1. The van der Waals surface area contributed by atoms with Crippen molar-refractivity contribution in [2.24, 2.45) is 0 Å². The summed E-state index contributed by atoms with van der Waals surface area (Å²) in [6.45, 7) is 0.151. The van der Waals surface area contributed by atoms with E-state index in [0.717, 1.165) is 9.26 Å². The lowest BCUT2D eigenvalue weighted by atomic mass is 10.1. The molecule has 0 aliphatic rings. The number of Topliss-reactive ketones (excluding diaryl/α,β-unsaturated/α-hetero) is 1. The van der Waals surface area contributed by atoms with Crippen LogP contribution in [0.2, 0.25) is 0 Å². The van der Waals surface area contributed by atoms with E-state index in [4.69, 9.17) is 0 Å². The lowest BCUT2D eigenvalue weighted by Crippen LogP contribution is -2.14. The number of para-hydroxylation sites is 1. The van der Waals surface area contributed by atoms with Gasteiger partial charge in [-0.3, -0.25) is 14.9 Å². The molecule has 2 aromatic carbocycles. The van der Waals surface area contributed by atoms with E-state index in [2.05, 4.69) is 27.9 Å². The number of rotatable bonds is 5. The maximum Gasteiger partial charge on any atom is 0.269 e. The van der Waals surface area contributed by atoms with E-state index in [-0.39, 0.29) is 18.0 Å². The summed E-state index contributed by atoms with van der Waals surface area (Å²) in [5, 5.41) is 13.6. The largest absolute Gasteiger partial charge is 0.377 e. The number of non-ortho nitro benzene ring substituents is 1. The van der Waals surface area contributed by atoms with Crippen molar-refractivity contribution in [1.29, 1.82) is 0 Å². The van der Waals surface area contributed by atoms with Gasteiger partial charge in [0.25, 0.3) is 5.69 Å². The molecule has 0 unspecified atom stereocenters. The van der Waals surface area contributed by atoms with Crippen molar-refractivity contribution >= 4 is 39.7 Å². The minimum Gasteiger partial charge on any atom is -0.377 e. The van der Waals surface area contributed by atoms with Crippen LogP contribution >= 0.6 is 22.6 Å². The Bertz CT molecular complexity index is 641. The Morgan fingerprint density at radius 2 is 1.80 bits per heavy atom. The van der Waals surface area contributed by atoms with Crippen molar-refractivity contribution in [3.63, 3.8) is 0 Å². The molecule has 2 aromatic rings. The molecule has 0 radical (unpaired) electrons. The fourth-order valence-corrected chi connectivity index (χ4v) is 2.23. The second kappa shape index (κ2) is 6.47. The third-order valence-corrected chi connectivity index (χ3v) is 3.65. The van der Waals surface area contributed by atoms with Crippen molar-refractivity contribution in [3.8, 4) is 0 Å². The molecule has 0 amide bonds. The first-order valence-electron chi connectivity index (χ1n) is 5.84. The van der Waals surface area contributed by atoms with Gasteiger partial charge in [0.05, 0.1) is 11.5 Å². The SMILES string of the molecule is O=C(CNc1ccccc1I)c1ccc([N+](=O)[O-])cc1. The third kappa shape index (κ3) is 3.53. The van der Waals surface area contributed by atoms with Crippen LogP contribution in [-0.2, 0) is 0 Å². The average Bonchev–Trinajstić information content (AvgIpc) is 2.46. The standard InChI is InChI=1S/C14H11IN2O3/c15-12-3-1-2-4-13(12)16-9-14(18)10-5-7-11(8-6-10)17(19)20/h1-8,16H,9H2. The molecular formula is C14H11IN2O3. The van der Waals surface area contributed by atoms with Crippen molar-refractivity contribution in [2.45, 2.75) is 0 Å². The number of carbonyl (C=O) groups is 1. The molecule has 5 nitrogen and oxygen atoms in total. The molecule has 0 aliphatic heterocycles. The number of hydrogen-bond acceptors (Lipinski definition) is 4. The highest BCUT2D eigenvalue weighted by Gasteiger charge is 2.09. The summed E-state index contributed by atoms with van der Waals surface area (Å²) in [7, 11) is 0. The molecule has 102 valence electrons. The van der Waals surface area contributed by atoms with Crippen LogP contribution in [0.1, 0.15) is 10.4 Å². The zero-order valence-corrected chi connectivity index (χ0v) is 12.5. The molecule has 0 aromatic heterocycles. The van der Waals surface area contributed by atoms with Crippen molar-refractivity contribution < 1.29 is 9.72 Å². The molecule has 0 fully saturated rings. The number of benzene rings is 2. The highest BCUT2D eigenvalue weighted by molar-refractivity contribution is 14.1. The molecule has 0 heterocycles. The Morgan fingerprint density at radius 1 is 1.15 bits per heavy atom. The zero-order valence-electron chi connectivity index (χ0n) is 10.4. The Labute approximate surface area is 129 Å². The number of halogens is 1. The first-order chi connectivity index (χ1) is 9.58. The number of nitrogens with zero attached hydrogens (tertiary/aromatic N) is 1. The lowest BCUT2D eigenvalue weighted by Gasteiger charge is -2.07. The van der Waals surface area contributed by atoms with Gasteiger partial charge in [-0.25, -0.2) is 0 Å². The van der Waals surface area contributed by atoms with Crippen LogP contribution in [0.5, 0.6) is 0 Å². The highest BCUT2D eigenvalue weighted by atomic mass is 127. The fraction of sp³-hybridized carbons (Fsp3) is 0.0714. The van der Waals surface area contributed by atoms with Crippen LogP contribution in [-0.4, -0.2) is 17.3 Å². The number of hydrogen-bond donors (Lipinski definition) is 1. The van der Waals surface area contributed by atoms with Gasteiger partial charge in [-0.15, -0.1) is 0 Å². The Kier molecular flexibility index (Phi) is 4.67. The zero-order chi connectivity index (χ0) is 14.5. The van der Waals surface area contributed by atoms with E-state index in [0.29, 0.717) is 5.56 Å². The monoisotopic (exact) mass is 382 g/mol. The van der Waals surface area contributed by atoms with Gasteiger partial charge in [0.15, 0.2) is 5.78 Å². The predicted octanol–water partition coefficient (Wildman–Crippen LogP) is 3.49. The number of carbonyl (C=O) groups excluding carboxylic acids is 1. The maximum absolute atomic E-state index is 12.0. The van der Waals surface area contributed by atoms with Crippen LogP contribution in [0.3, 0.4) is 0 Å². The van der Waals surface area contributed by atoms with Crippen LogP contribution in [0.4, 0.5) is 11.4 Å². The van der Waals surface area contributed by atoms with Gasteiger partial charge in [0.2, 0.25) is 0 Å². The van der Waals surface area contributed by atoms with Gasteiger partial charge >= 0.3 is 0 Å². The molecule has 0 bridgehead atoms. The lowest BCUT2D eigenvalue weighted by molar-refractivity contribution is -0.384. The average molecular weight is 382 g/mol. The molecule has 1 N–H and O–H groups in total. The minimum atomic E-state index is -0.487. The van der Waals surface area contributed by atoms with Crippen LogP contribution in [0.15, 0.2) is 48.5 Å². The van der Waals surface area contributed by atoms with Crippen LogP contribution < -0.4 is 5.32 Å². The first-order valence-corrected chi connectivity index (χ1v) is 6.92. The molecule has 0 spiro atoms. The summed E-state index contributed by atoms with van der Waals surface area (Å²) in [6, 6.07) is 13.3. The number of nitro groups is 1. The van der Waals surface area contributed by atoms with Crippen molar-refractivity contribution in [2.75, 3.05) is 11.9 Å². The summed E-state index contributed by atoms with van der Waals surface area (Å²) in [5.41, 5.74) is 1.32. The van der Waals surface area contributed by atoms with Crippen molar-refractivity contribution in [3.05, 3.63) is 67.8 Å². The number of nitrogens with one attached hydrogen (secondary N) is 1. The summed E-state index contributed by atoms with van der Waals surface area (Å²) < 4.78 is 1.03. The van der Waals surface area contributed by atoms with Crippen molar-refractivity contribution in [1.82, 2.24) is 0 Å². The molecule has 6 heteroatoms. The van der Waals surface area contributed by atoms with E-state index in [1.165, 1.54) is 24.3 Å². The smallest absolute Gasteiger partial charge is 0.269 e. The van der Waals surface area contributed by atoms with Gasteiger partial charge in [0, 0.05) is 27.0 Å². The third-order valence-electron chi connectivity index (χ3n) is 2.71. The Balaban J connectivity index is 2.02. The summed E-state index contributed by atoms with van der Waals surface area (Å²) >= 11 is 2.18. The molecule has 0 atom stereocenters. The number of anilines is 1. The second-order valence-corrected chi connectivity index (χ2v) is 5.22. The minimum absolute atomic E-state index is 0.0212. The van der Waals surface area contributed by atoms with E-state index in [9.17, 15) is 14.9 Å². The van der Waals surface area contributed by atoms with E-state index >= 15 is 0 Å². The van der Waals surface area contributed by atoms with Gasteiger partial charge in [-0.1, -0.05) is 12.1 Å². The normalized spacial score (nSPS) is 10.1. The molecule has 0 saturated heterocycles. The molecule has 0 aliphatic carbocycles. The Morgan fingerprint density at radius 3 is 2.40 bits per heavy atom. The topological polar surface area (TPSA) is 72.2 Å².